The first kappa shape index (κ1) is 23.0. The van der Waals surface area contributed by atoms with Crippen molar-refractivity contribution in [3.63, 3.8) is 0 Å². The molecule has 7 rings (SSSR count). The van der Waals surface area contributed by atoms with Crippen molar-refractivity contribution < 1.29 is 19.1 Å². The van der Waals surface area contributed by atoms with Gasteiger partial charge in [0.15, 0.2) is 0 Å². The predicted octanol–water partition coefficient (Wildman–Crippen LogP) is 5.84. The van der Waals surface area contributed by atoms with Gasteiger partial charge in [-0.1, -0.05) is 84.0 Å². The molecule has 184 valence electrons. The van der Waals surface area contributed by atoms with Crippen LogP contribution in [0.3, 0.4) is 0 Å². The number of esters is 2. The van der Waals surface area contributed by atoms with Crippen molar-refractivity contribution in [3.8, 4) is 0 Å². The molecule has 4 nitrogen and oxygen atoms in total. The number of benzene rings is 2. The lowest BCUT2D eigenvalue weighted by Crippen LogP contribution is -2.60. The average molecular weight is 481 g/mol. The number of carbonyl (C=O) groups is 2. The highest BCUT2D eigenvalue weighted by atomic mass is 16.5. The Morgan fingerprint density at radius 2 is 0.972 bits per heavy atom. The Labute approximate surface area is 212 Å². The van der Waals surface area contributed by atoms with Crippen LogP contribution in [0.5, 0.6) is 0 Å². The van der Waals surface area contributed by atoms with E-state index in [1.54, 1.807) is 0 Å². The quantitative estimate of drug-likeness (QED) is 0.407. The van der Waals surface area contributed by atoms with Crippen molar-refractivity contribution in [2.45, 2.75) is 25.7 Å². The number of allylic oxidation sites excluding steroid dienone is 6. The van der Waals surface area contributed by atoms with E-state index in [2.05, 4.69) is 86.7 Å². The van der Waals surface area contributed by atoms with Crippen LogP contribution >= 0.6 is 0 Å². The molecule has 0 unspecified atom stereocenters. The Bertz CT molecular complexity index is 1200. The number of hydrogen-bond donors (Lipinski definition) is 0. The van der Waals surface area contributed by atoms with Gasteiger partial charge in [-0.2, -0.15) is 0 Å². The van der Waals surface area contributed by atoms with Gasteiger partial charge in [-0.15, -0.1) is 0 Å². The Balaban J connectivity index is 1.53. The zero-order valence-corrected chi connectivity index (χ0v) is 21.2. The molecule has 2 bridgehead atoms. The first-order valence-electron chi connectivity index (χ1n) is 12.8. The van der Waals surface area contributed by atoms with Gasteiger partial charge in [-0.05, 0) is 59.8 Å². The highest BCUT2D eigenvalue weighted by Gasteiger charge is 2.65. The Hall–Kier alpha value is -3.40. The zero-order valence-electron chi connectivity index (χ0n) is 21.2. The number of rotatable bonds is 4. The highest BCUT2D eigenvalue weighted by Crippen LogP contribution is 2.69. The topological polar surface area (TPSA) is 52.6 Å². The van der Waals surface area contributed by atoms with Crippen LogP contribution in [0.15, 0.2) is 95.1 Å². The Morgan fingerprint density at radius 1 is 0.611 bits per heavy atom. The summed E-state index contributed by atoms with van der Waals surface area (Å²) in [6.45, 7) is 4.56. The molecule has 2 fully saturated rings. The van der Waals surface area contributed by atoms with Gasteiger partial charge in [-0.3, -0.25) is 9.59 Å². The van der Waals surface area contributed by atoms with Crippen molar-refractivity contribution >= 4 is 11.9 Å². The lowest BCUT2D eigenvalue weighted by atomic mass is 9.40. The molecule has 0 aromatic heterocycles. The summed E-state index contributed by atoms with van der Waals surface area (Å²) < 4.78 is 10.4. The summed E-state index contributed by atoms with van der Waals surface area (Å²) in [5, 5.41) is 0. The van der Waals surface area contributed by atoms with E-state index < -0.39 is 11.8 Å². The van der Waals surface area contributed by atoms with Crippen LogP contribution in [0.4, 0.5) is 0 Å². The maximum Gasteiger partial charge on any atom is 0.310 e. The number of hydrogen-bond acceptors (Lipinski definition) is 4. The van der Waals surface area contributed by atoms with Crippen molar-refractivity contribution in [2.24, 2.45) is 35.5 Å². The SMILES string of the molecule is COC(=O)[C@@H]1[C@H]2C=C[C@H]([C@@H]1C(=O)OC)[C@@H]1C3=C(C)[C@H](c4ccccc4)[C@H](c4ccccc4)C(C)=C3[C@H]21. The Morgan fingerprint density at radius 3 is 1.31 bits per heavy atom. The molecule has 8 atom stereocenters. The van der Waals surface area contributed by atoms with Gasteiger partial charge in [0.2, 0.25) is 0 Å². The predicted molar refractivity (Wildman–Crippen MR) is 138 cm³/mol. The molecule has 0 heterocycles. The van der Waals surface area contributed by atoms with Crippen LogP contribution < -0.4 is 0 Å². The monoisotopic (exact) mass is 480 g/mol. The number of carbonyl (C=O) groups excluding carboxylic acids is 2. The largest absolute Gasteiger partial charge is 0.469 e. The molecular weight excluding hydrogens is 448 g/mol. The van der Waals surface area contributed by atoms with E-state index >= 15 is 0 Å². The lowest BCUT2D eigenvalue weighted by molar-refractivity contribution is -0.169. The molecule has 2 saturated carbocycles. The third-order valence-electron chi connectivity index (χ3n) is 9.32. The summed E-state index contributed by atoms with van der Waals surface area (Å²) >= 11 is 0. The first-order valence-corrected chi connectivity index (χ1v) is 12.8. The van der Waals surface area contributed by atoms with Crippen LogP contribution in [-0.4, -0.2) is 26.2 Å². The van der Waals surface area contributed by atoms with E-state index in [-0.39, 0.29) is 47.4 Å². The molecule has 0 spiro atoms. The van der Waals surface area contributed by atoms with Gasteiger partial charge >= 0.3 is 11.9 Å². The third kappa shape index (κ3) is 3.06. The maximum absolute atomic E-state index is 13.0. The van der Waals surface area contributed by atoms with Gasteiger partial charge in [0.05, 0.1) is 26.1 Å². The third-order valence-corrected chi connectivity index (χ3v) is 9.32. The summed E-state index contributed by atoms with van der Waals surface area (Å²) in [6, 6.07) is 21.5. The zero-order chi connectivity index (χ0) is 25.1. The molecule has 0 N–H and O–H groups in total. The van der Waals surface area contributed by atoms with Crippen molar-refractivity contribution in [1.82, 2.24) is 0 Å². The summed E-state index contributed by atoms with van der Waals surface area (Å²) in [5.74, 6) is -0.884. The van der Waals surface area contributed by atoms with Gasteiger partial charge < -0.3 is 9.47 Å². The fraction of sp³-hybridized carbons (Fsp3) is 0.375. The molecule has 5 aliphatic rings. The number of fused-ring (bicyclic) bond motifs is 2. The van der Waals surface area contributed by atoms with Crippen molar-refractivity contribution in [2.75, 3.05) is 14.2 Å². The molecule has 0 amide bonds. The van der Waals surface area contributed by atoms with Gasteiger partial charge in [0.1, 0.15) is 0 Å². The summed E-state index contributed by atoms with van der Waals surface area (Å²) in [7, 11) is 2.83. The van der Waals surface area contributed by atoms with E-state index in [0.29, 0.717) is 0 Å². The van der Waals surface area contributed by atoms with Crippen molar-refractivity contribution in [3.05, 3.63) is 106 Å². The molecular formula is C32H32O4. The standard InChI is InChI=1S/C32H32O4/c1-17-23(19-11-7-5-8-12-19)24(20-13-9-6-10-14-20)18(2)26-25(17)27-21-15-16-22(28(26)27)30(32(34)36-4)29(21)31(33)35-3/h5-16,21-24,27-30H,1-4H3/t21-,22-,23-,24+,27-,28+,29+,30-/m0/s1. The van der Waals surface area contributed by atoms with Crippen LogP contribution in [0, 0.1) is 35.5 Å². The summed E-state index contributed by atoms with van der Waals surface area (Å²) in [5.41, 5.74) is 8.19. The van der Waals surface area contributed by atoms with E-state index in [4.69, 9.17) is 9.47 Å². The Kier molecular flexibility index (Phi) is 5.51. The van der Waals surface area contributed by atoms with Crippen LogP contribution in [-0.2, 0) is 19.1 Å². The average Bonchev–Trinajstić information content (AvgIpc) is 2.90. The van der Waals surface area contributed by atoms with Crippen LogP contribution in [0.2, 0.25) is 0 Å². The number of ether oxygens (including phenoxy) is 2. The minimum atomic E-state index is -0.511. The fourth-order valence-corrected chi connectivity index (χ4v) is 8.02. The van der Waals surface area contributed by atoms with E-state index in [1.807, 2.05) is 0 Å². The van der Waals surface area contributed by atoms with Crippen LogP contribution in [0.25, 0.3) is 0 Å². The molecule has 2 aromatic carbocycles. The summed E-state index contributed by atoms with van der Waals surface area (Å²) in [4.78, 5) is 26.0. The van der Waals surface area contributed by atoms with Gasteiger partial charge in [0, 0.05) is 11.8 Å². The van der Waals surface area contributed by atoms with Gasteiger partial charge in [-0.25, -0.2) is 0 Å². The lowest BCUT2D eigenvalue weighted by Gasteiger charge is -2.62. The smallest absolute Gasteiger partial charge is 0.310 e. The van der Waals surface area contributed by atoms with Crippen molar-refractivity contribution in [1.29, 1.82) is 0 Å². The summed E-state index contributed by atoms with van der Waals surface area (Å²) in [6.07, 6.45) is 4.33. The maximum atomic E-state index is 13.0. The second-order valence-corrected chi connectivity index (χ2v) is 10.7. The van der Waals surface area contributed by atoms with E-state index in [1.165, 1.54) is 47.6 Å². The highest BCUT2D eigenvalue weighted by molar-refractivity contribution is 5.85. The second kappa shape index (κ2) is 8.62. The van der Waals surface area contributed by atoms with E-state index in [0.717, 1.165) is 0 Å². The minimum Gasteiger partial charge on any atom is -0.469 e. The minimum absolute atomic E-state index is 0.0669. The molecule has 2 aromatic rings. The molecule has 0 aliphatic heterocycles. The van der Waals surface area contributed by atoms with E-state index in [9.17, 15) is 9.59 Å². The molecule has 4 heteroatoms. The molecule has 5 aliphatic carbocycles. The fourth-order valence-electron chi connectivity index (χ4n) is 8.02. The van der Waals surface area contributed by atoms with Crippen LogP contribution in [0.1, 0.15) is 36.8 Å². The number of methoxy groups -OCH3 is 2. The normalized spacial score (nSPS) is 34.0. The molecule has 0 saturated heterocycles. The first-order chi connectivity index (χ1) is 17.5. The van der Waals surface area contributed by atoms with Gasteiger partial charge in [0.25, 0.3) is 0 Å². The molecule has 0 radical (unpaired) electrons. The molecule has 36 heavy (non-hydrogen) atoms. The second-order valence-electron chi connectivity index (χ2n) is 10.7.